The first-order chi connectivity index (χ1) is 15.1. The van der Waals surface area contributed by atoms with Gasteiger partial charge in [-0.05, 0) is 25.2 Å². The van der Waals surface area contributed by atoms with E-state index in [1.165, 1.54) is 16.8 Å². The topological polar surface area (TPSA) is 75.3 Å². The minimum atomic E-state index is -2.67. The van der Waals surface area contributed by atoms with E-state index in [9.17, 15) is 8.78 Å². The van der Waals surface area contributed by atoms with Gasteiger partial charge in [0, 0.05) is 38.6 Å². The lowest BCUT2D eigenvalue weighted by atomic mass is 10.2. The summed E-state index contributed by atoms with van der Waals surface area (Å²) in [5.74, 6) is 1.29. The van der Waals surface area contributed by atoms with Crippen LogP contribution in [0.1, 0.15) is 12.1 Å². The summed E-state index contributed by atoms with van der Waals surface area (Å²) in [6.45, 7) is 3.83. The molecule has 31 heavy (non-hydrogen) atoms. The predicted octanol–water partition coefficient (Wildman–Crippen LogP) is 2.94. The fraction of sp³-hybridized carbons (Fsp3) is 0.286. The Morgan fingerprint density at radius 1 is 0.903 bits per heavy atom. The van der Waals surface area contributed by atoms with Crippen molar-refractivity contribution in [2.24, 2.45) is 0 Å². The van der Waals surface area contributed by atoms with Gasteiger partial charge in [0.15, 0.2) is 11.5 Å². The third kappa shape index (κ3) is 3.81. The smallest absolute Gasteiger partial charge is 0.281 e. The fourth-order valence-corrected chi connectivity index (χ4v) is 3.58. The zero-order valence-electron chi connectivity index (χ0n) is 16.9. The van der Waals surface area contributed by atoms with Gasteiger partial charge >= 0.3 is 0 Å². The molecule has 0 saturated carbocycles. The molecule has 0 atom stereocenters. The number of likely N-dealkylation sites (N-methyl/N-ethyl adjacent to an activating group) is 1. The Morgan fingerprint density at radius 2 is 1.71 bits per heavy atom. The Balaban J connectivity index is 1.50. The average Bonchev–Trinajstić information content (AvgIpc) is 3.23. The second-order valence-electron chi connectivity index (χ2n) is 7.42. The molecule has 0 radical (unpaired) electrons. The molecule has 1 aliphatic rings. The monoisotopic (exact) mass is 422 g/mol. The van der Waals surface area contributed by atoms with Gasteiger partial charge in [-0.25, -0.2) is 33.7 Å². The van der Waals surface area contributed by atoms with Gasteiger partial charge in [0.25, 0.3) is 6.43 Å². The van der Waals surface area contributed by atoms with Gasteiger partial charge in [-0.3, -0.25) is 4.40 Å². The molecule has 8 nitrogen and oxygen atoms in total. The van der Waals surface area contributed by atoms with Crippen LogP contribution in [0.3, 0.4) is 0 Å². The van der Waals surface area contributed by atoms with E-state index in [0.29, 0.717) is 22.9 Å². The first kappa shape index (κ1) is 19.4. The molecule has 0 unspecified atom stereocenters. The van der Waals surface area contributed by atoms with Crippen molar-refractivity contribution >= 4 is 11.5 Å². The molecule has 0 bridgehead atoms. The van der Waals surface area contributed by atoms with Crippen LogP contribution in [-0.4, -0.2) is 67.4 Å². The lowest BCUT2D eigenvalue weighted by molar-refractivity contribution is 0.145. The van der Waals surface area contributed by atoms with Crippen molar-refractivity contribution in [1.82, 2.24) is 34.2 Å². The maximum absolute atomic E-state index is 13.1. The molecule has 5 heterocycles. The molecule has 158 valence electrons. The third-order valence-electron chi connectivity index (χ3n) is 5.35. The van der Waals surface area contributed by atoms with Crippen LogP contribution in [0.5, 0.6) is 0 Å². The zero-order chi connectivity index (χ0) is 21.4. The Kier molecular flexibility index (Phi) is 4.99. The minimum Gasteiger partial charge on any atom is -0.354 e. The summed E-state index contributed by atoms with van der Waals surface area (Å²) in [6, 6.07) is 7.65. The van der Waals surface area contributed by atoms with Crippen molar-refractivity contribution in [2.75, 3.05) is 38.1 Å². The summed E-state index contributed by atoms with van der Waals surface area (Å²) < 4.78 is 27.7. The van der Waals surface area contributed by atoms with E-state index >= 15 is 0 Å². The maximum Gasteiger partial charge on any atom is 0.281 e. The number of imidazole rings is 1. The quantitative estimate of drug-likeness (QED) is 0.501. The number of hydrogen-bond acceptors (Lipinski definition) is 7. The molecule has 5 rings (SSSR count). The predicted molar refractivity (Wildman–Crippen MR) is 112 cm³/mol. The van der Waals surface area contributed by atoms with E-state index < -0.39 is 6.43 Å². The molecule has 0 spiro atoms. The van der Waals surface area contributed by atoms with Crippen LogP contribution in [0.15, 0.2) is 49.1 Å². The number of nitrogens with zero attached hydrogens (tertiary/aromatic N) is 8. The molecule has 0 aliphatic carbocycles. The highest BCUT2D eigenvalue weighted by Gasteiger charge is 2.17. The Bertz CT molecular complexity index is 1220. The maximum atomic E-state index is 13.1. The summed E-state index contributed by atoms with van der Waals surface area (Å²) in [5, 5.41) is 0. The molecule has 0 amide bonds. The zero-order valence-corrected chi connectivity index (χ0v) is 16.9. The number of rotatable bonds is 4. The number of piperazine rings is 1. The SMILES string of the molecule is CN1CCN(c2cccc(-c3ccnc(-c4cnc5cnc(C(F)F)cn45)n3)n2)CC1. The highest BCUT2D eigenvalue weighted by Crippen LogP contribution is 2.24. The summed E-state index contributed by atoms with van der Waals surface area (Å²) in [5.41, 5.74) is 2.01. The molecule has 1 saturated heterocycles. The Morgan fingerprint density at radius 3 is 2.52 bits per heavy atom. The number of anilines is 1. The van der Waals surface area contributed by atoms with Crippen LogP contribution in [0.2, 0.25) is 0 Å². The van der Waals surface area contributed by atoms with Crippen LogP contribution in [0.25, 0.3) is 28.6 Å². The fourth-order valence-electron chi connectivity index (χ4n) is 3.58. The van der Waals surface area contributed by atoms with E-state index in [2.05, 4.69) is 36.8 Å². The second kappa shape index (κ2) is 7.95. The molecule has 1 aliphatic heterocycles. The van der Waals surface area contributed by atoms with E-state index in [1.54, 1.807) is 18.5 Å². The van der Waals surface area contributed by atoms with Gasteiger partial charge in [0.05, 0.1) is 23.8 Å². The van der Waals surface area contributed by atoms with Crippen LogP contribution >= 0.6 is 0 Å². The van der Waals surface area contributed by atoms with E-state index in [0.717, 1.165) is 37.7 Å². The van der Waals surface area contributed by atoms with Crippen molar-refractivity contribution in [1.29, 1.82) is 0 Å². The Labute approximate surface area is 177 Å². The molecule has 4 aromatic rings. The highest BCUT2D eigenvalue weighted by atomic mass is 19.3. The summed E-state index contributed by atoms with van der Waals surface area (Å²) in [6.07, 6.45) is 3.10. The number of fused-ring (bicyclic) bond motifs is 1. The van der Waals surface area contributed by atoms with Gasteiger partial charge in [-0.1, -0.05) is 6.07 Å². The first-order valence-electron chi connectivity index (χ1n) is 9.94. The second-order valence-corrected chi connectivity index (χ2v) is 7.42. The number of pyridine rings is 1. The van der Waals surface area contributed by atoms with Crippen LogP contribution in [0.4, 0.5) is 14.6 Å². The lowest BCUT2D eigenvalue weighted by Gasteiger charge is -2.33. The van der Waals surface area contributed by atoms with Gasteiger partial charge < -0.3 is 9.80 Å². The van der Waals surface area contributed by atoms with Gasteiger partial charge in [-0.15, -0.1) is 0 Å². The van der Waals surface area contributed by atoms with Crippen molar-refractivity contribution in [2.45, 2.75) is 6.43 Å². The molecule has 10 heteroatoms. The standard InChI is InChI=1S/C21H20F2N8/c1-29-7-9-30(10-8-29)18-4-2-3-14(27-18)15-5-6-24-21(28-15)17-11-26-19-12-25-16(20(22)23)13-31(17)19/h2-6,11-13,20H,7-10H2,1H3. The first-order valence-corrected chi connectivity index (χ1v) is 9.94. The Hall–Kier alpha value is -3.53. The molecule has 0 N–H and O–H groups in total. The largest absolute Gasteiger partial charge is 0.354 e. The molecule has 4 aromatic heterocycles. The van der Waals surface area contributed by atoms with Crippen molar-refractivity contribution in [3.8, 4) is 22.9 Å². The van der Waals surface area contributed by atoms with Gasteiger partial charge in [0.1, 0.15) is 17.2 Å². The molecule has 0 aromatic carbocycles. The highest BCUT2D eigenvalue weighted by molar-refractivity contribution is 5.62. The normalized spacial score (nSPS) is 15.2. The minimum absolute atomic E-state index is 0.329. The average molecular weight is 422 g/mol. The van der Waals surface area contributed by atoms with Gasteiger partial charge in [-0.2, -0.15) is 0 Å². The lowest BCUT2D eigenvalue weighted by Crippen LogP contribution is -2.44. The number of hydrogen-bond donors (Lipinski definition) is 0. The van der Waals surface area contributed by atoms with Crippen LogP contribution in [-0.2, 0) is 0 Å². The summed E-state index contributed by atoms with van der Waals surface area (Å²) in [7, 11) is 2.12. The van der Waals surface area contributed by atoms with E-state index in [4.69, 9.17) is 4.98 Å². The van der Waals surface area contributed by atoms with Gasteiger partial charge in [0.2, 0.25) is 0 Å². The van der Waals surface area contributed by atoms with Crippen molar-refractivity contribution in [3.05, 3.63) is 54.7 Å². The van der Waals surface area contributed by atoms with Crippen LogP contribution in [0, 0.1) is 0 Å². The summed E-state index contributed by atoms with van der Waals surface area (Å²) in [4.78, 5) is 26.3. The molecular formula is C21H20F2N8. The van der Waals surface area contributed by atoms with E-state index in [-0.39, 0.29) is 5.69 Å². The van der Waals surface area contributed by atoms with Crippen molar-refractivity contribution in [3.63, 3.8) is 0 Å². The number of halogens is 2. The van der Waals surface area contributed by atoms with Crippen molar-refractivity contribution < 1.29 is 8.78 Å². The third-order valence-corrected chi connectivity index (χ3v) is 5.35. The number of aromatic nitrogens is 6. The molecule has 1 fully saturated rings. The van der Waals surface area contributed by atoms with Crippen LogP contribution < -0.4 is 4.90 Å². The van der Waals surface area contributed by atoms with E-state index in [1.807, 2.05) is 18.2 Å². The number of alkyl halides is 2. The summed E-state index contributed by atoms with van der Waals surface area (Å²) >= 11 is 0. The molecular weight excluding hydrogens is 402 g/mol.